The van der Waals surface area contributed by atoms with Crippen molar-refractivity contribution in [2.75, 3.05) is 13.7 Å². The van der Waals surface area contributed by atoms with Crippen molar-refractivity contribution in [3.63, 3.8) is 0 Å². The van der Waals surface area contributed by atoms with Gasteiger partial charge in [0.25, 0.3) is 0 Å². The molecule has 0 radical (unpaired) electrons. The number of hydrogen-bond acceptors (Lipinski definition) is 8. The maximum absolute atomic E-state index is 13.5. The second-order valence-electron chi connectivity index (χ2n) is 11.6. The van der Waals surface area contributed by atoms with Crippen LogP contribution in [-0.4, -0.2) is 61.5 Å². The molecule has 0 bridgehead atoms. The Morgan fingerprint density at radius 2 is 1.04 bits per heavy atom. The molecule has 50 heavy (non-hydrogen) atoms. The van der Waals surface area contributed by atoms with E-state index in [1.807, 2.05) is 91.0 Å². The average molecular weight is 714 g/mol. The van der Waals surface area contributed by atoms with Crippen LogP contribution in [0.4, 0.5) is 0 Å². The van der Waals surface area contributed by atoms with E-state index in [2.05, 4.69) is 0 Å². The fourth-order valence-electron chi connectivity index (χ4n) is 6.08. The van der Waals surface area contributed by atoms with E-state index in [0.717, 1.165) is 16.7 Å². The number of benzene rings is 5. The van der Waals surface area contributed by atoms with Gasteiger partial charge in [0, 0.05) is 7.11 Å². The lowest BCUT2D eigenvalue weighted by atomic mass is 9.80. The van der Waals surface area contributed by atoms with Crippen molar-refractivity contribution in [3.05, 3.63) is 177 Å². The molecule has 6 rings (SSSR count). The van der Waals surface area contributed by atoms with Gasteiger partial charge >= 0.3 is 11.9 Å². The summed E-state index contributed by atoms with van der Waals surface area (Å²) in [5.41, 5.74) is 1.48. The van der Waals surface area contributed by atoms with Gasteiger partial charge in [-0.25, -0.2) is 9.59 Å². The van der Waals surface area contributed by atoms with Crippen molar-refractivity contribution in [2.45, 2.75) is 36.3 Å². The number of carbonyl (C=O) groups excluding carboxylic acids is 2. The highest BCUT2D eigenvalue weighted by Gasteiger charge is 2.51. The van der Waals surface area contributed by atoms with E-state index >= 15 is 0 Å². The lowest BCUT2D eigenvalue weighted by Crippen LogP contribution is -2.62. The van der Waals surface area contributed by atoms with Crippen molar-refractivity contribution >= 4 is 35.1 Å². The Kier molecular flexibility index (Phi) is 11.3. The van der Waals surface area contributed by atoms with Crippen LogP contribution in [0.3, 0.4) is 0 Å². The monoisotopic (exact) mass is 712 g/mol. The van der Waals surface area contributed by atoms with E-state index in [1.165, 1.54) is 19.2 Å². The highest BCUT2D eigenvalue weighted by Crippen LogP contribution is 2.41. The molecule has 5 aromatic carbocycles. The standard InChI is InChI=1S/C40H34Cl2O8/c1-46-39-36(50-38(45)30-22-12-14-24-32(30)42)35(49-37(44)29-21-11-13-23-31(29)41)34(43)33(48-39)25-47-40(26-15-5-2-6-16-26,27-17-7-3-8-18-27)28-19-9-4-10-20-28/h2-24,33-36,39,43H,25H2,1H3/t33-,34-,35+,36-,39+/m1/s1. The number of carbonyl (C=O) groups is 2. The molecule has 1 aliphatic rings. The first-order valence-electron chi connectivity index (χ1n) is 15.9. The molecule has 0 amide bonds. The minimum atomic E-state index is -1.56. The maximum Gasteiger partial charge on any atom is 0.340 e. The summed E-state index contributed by atoms with van der Waals surface area (Å²) >= 11 is 12.6. The van der Waals surface area contributed by atoms with Crippen LogP contribution in [0.15, 0.2) is 140 Å². The zero-order valence-corrected chi connectivity index (χ0v) is 28.4. The van der Waals surface area contributed by atoms with E-state index < -0.39 is 48.2 Å². The topological polar surface area (TPSA) is 101 Å². The normalized spacial score (nSPS) is 20.5. The van der Waals surface area contributed by atoms with Gasteiger partial charge in [0.05, 0.1) is 27.8 Å². The first-order chi connectivity index (χ1) is 24.3. The Balaban J connectivity index is 1.37. The molecule has 1 aliphatic heterocycles. The molecular formula is C40H34Cl2O8. The lowest BCUT2D eigenvalue weighted by Gasteiger charge is -2.44. The van der Waals surface area contributed by atoms with Crippen LogP contribution >= 0.6 is 23.2 Å². The molecule has 0 spiro atoms. The predicted molar refractivity (Wildman–Crippen MR) is 188 cm³/mol. The molecule has 256 valence electrons. The van der Waals surface area contributed by atoms with Crippen LogP contribution in [-0.2, 0) is 29.3 Å². The summed E-state index contributed by atoms with van der Waals surface area (Å²) in [5.74, 6) is -1.68. The van der Waals surface area contributed by atoms with E-state index in [0.29, 0.717) is 0 Å². The molecular weight excluding hydrogens is 679 g/mol. The molecule has 5 atom stereocenters. The molecule has 0 saturated carbocycles. The maximum atomic E-state index is 13.5. The van der Waals surface area contributed by atoms with Crippen LogP contribution in [0.25, 0.3) is 0 Å². The minimum Gasteiger partial charge on any atom is -0.452 e. The Morgan fingerprint density at radius 3 is 1.46 bits per heavy atom. The molecule has 0 aliphatic carbocycles. The number of methoxy groups -OCH3 is 1. The third-order valence-electron chi connectivity index (χ3n) is 8.53. The van der Waals surface area contributed by atoms with Crippen LogP contribution < -0.4 is 0 Å². The first-order valence-corrected chi connectivity index (χ1v) is 16.7. The second-order valence-corrected chi connectivity index (χ2v) is 12.4. The molecule has 0 unspecified atom stereocenters. The van der Waals surface area contributed by atoms with Gasteiger partial charge in [-0.3, -0.25) is 0 Å². The highest BCUT2D eigenvalue weighted by molar-refractivity contribution is 6.34. The van der Waals surface area contributed by atoms with Gasteiger partial charge in [0.15, 0.2) is 18.5 Å². The molecule has 0 aromatic heterocycles. The summed E-state index contributed by atoms with van der Waals surface area (Å²) in [6.07, 6.45) is -6.87. The second kappa shape index (κ2) is 16.0. The quantitative estimate of drug-likeness (QED) is 0.111. The molecule has 1 fully saturated rings. The number of hydrogen-bond donors (Lipinski definition) is 1. The van der Waals surface area contributed by atoms with Gasteiger partial charge in [0.2, 0.25) is 0 Å². The lowest BCUT2D eigenvalue weighted by molar-refractivity contribution is -0.297. The van der Waals surface area contributed by atoms with Gasteiger partial charge in [-0.1, -0.05) is 138 Å². The van der Waals surface area contributed by atoms with E-state index in [-0.39, 0.29) is 27.8 Å². The fraction of sp³-hybridized carbons (Fsp3) is 0.200. The van der Waals surface area contributed by atoms with E-state index in [1.54, 1.807) is 36.4 Å². The first kappa shape index (κ1) is 35.3. The third-order valence-corrected chi connectivity index (χ3v) is 9.19. The Morgan fingerprint density at radius 1 is 0.640 bits per heavy atom. The van der Waals surface area contributed by atoms with Gasteiger partial charge in [0.1, 0.15) is 17.8 Å². The van der Waals surface area contributed by atoms with Crippen molar-refractivity contribution in [1.29, 1.82) is 0 Å². The Bertz CT molecular complexity index is 1790. The molecule has 1 saturated heterocycles. The van der Waals surface area contributed by atoms with Crippen LogP contribution in [0.1, 0.15) is 37.4 Å². The third kappa shape index (κ3) is 7.32. The molecule has 10 heteroatoms. The fourth-order valence-corrected chi connectivity index (χ4v) is 6.51. The van der Waals surface area contributed by atoms with Crippen molar-refractivity contribution in [2.24, 2.45) is 0 Å². The SMILES string of the molecule is CO[C@H]1O[C@H](COC(c2ccccc2)(c2ccccc2)c2ccccc2)[C@@H](O)[C@H](OC(=O)c2ccccc2Cl)[C@H]1OC(=O)c1ccccc1Cl. The molecule has 1 heterocycles. The largest absolute Gasteiger partial charge is 0.452 e. The van der Waals surface area contributed by atoms with Crippen molar-refractivity contribution in [1.82, 2.24) is 0 Å². The number of esters is 2. The number of halogens is 2. The van der Waals surface area contributed by atoms with Gasteiger partial charge < -0.3 is 28.8 Å². The zero-order valence-electron chi connectivity index (χ0n) is 26.9. The smallest absolute Gasteiger partial charge is 0.340 e. The number of rotatable bonds is 11. The van der Waals surface area contributed by atoms with Crippen LogP contribution in [0, 0.1) is 0 Å². The van der Waals surface area contributed by atoms with E-state index in [9.17, 15) is 14.7 Å². The number of ether oxygens (including phenoxy) is 5. The van der Waals surface area contributed by atoms with Crippen LogP contribution in [0.5, 0.6) is 0 Å². The summed E-state index contributed by atoms with van der Waals surface area (Å²) in [7, 11) is 1.35. The summed E-state index contributed by atoms with van der Waals surface area (Å²) in [6, 6.07) is 41.8. The summed E-state index contributed by atoms with van der Waals surface area (Å²) in [5, 5.41) is 12.2. The molecule has 5 aromatic rings. The van der Waals surface area contributed by atoms with Gasteiger partial charge in [-0.05, 0) is 41.0 Å². The number of aliphatic hydroxyl groups excluding tert-OH is 1. The van der Waals surface area contributed by atoms with Crippen molar-refractivity contribution in [3.8, 4) is 0 Å². The molecule has 1 N–H and O–H groups in total. The van der Waals surface area contributed by atoms with Gasteiger partial charge in [-0.15, -0.1) is 0 Å². The number of aliphatic hydroxyl groups is 1. The summed E-state index contributed by atoms with van der Waals surface area (Å²) in [6.45, 7) is -0.203. The zero-order chi connectivity index (χ0) is 35.1. The van der Waals surface area contributed by atoms with Crippen molar-refractivity contribution < 1.29 is 38.4 Å². The predicted octanol–water partition coefficient (Wildman–Crippen LogP) is 7.49. The summed E-state index contributed by atoms with van der Waals surface area (Å²) in [4.78, 5) is 26.9. The summed E-state index contributed by atoms with van der Waals surface area (Å²) < 4.78 is 30.6. The minimum absolute atomic E-state index is 0.0575. The van der Waals surface area contributed by atoms with E-state index in [4.69, 9.17) is 46.9 Å². The Labute approximate surface area is 300 Å². The highest BCUT2D eigenvalue weighted by atomic mass is 35.5. The Hall–Kier alpha value is -4.54. The van der Waals surface area contributed by atoms with Crippen LogP contribution in [0.2, 0.25) is 10.0 Å². The average Bonchev–Trinajstić information content (AvgIpc) is 3.15. The van der Waals surface area contributed by atoms with Gasteiger partial charge in [-0.2, -0.15) is 0 Å². The molecule has 8 nitrogen and oxygen atoms in total.